The van der Waals surface area contributed by atoms with Gasteiger partial charge in [0.25, 0.3) is 5.56 Å². The third kappa shape index (κ3) is 3.03. The summed E-state index contributed by atoms with van der Waals surface area (Å²) in [5.74, 6) is 1.19. The summed E-state index contributed by atoms with van der Waals surface area (Å²) in [6.07, 6.45) is 0.835. The summed E-state index contributed by atoms with van der Waals surface area (Å²) in [7, 11) is 0. The molecule has 0 bridgehead atoms. The van der Waals surface area contributed by atoms with Crippen molar-refractivity contribution in [3.63, 3.8) is 0 Å². The van der Waals surface area contributed by atoms with Crippen LogP contribution >= 0.6 is 11.3 Å². The maximum atomic E-state index is 11.6. The van der Waals surface area contributed by atoms with Crippen LogP contribution in [0.2, 0.25) is 0 Å². The van der Waals surface area contributed by atoms with Crippen LogP contribution in [0.25, 0.3) is 10.7 Å². The molecule has 1 N–H and O–H groups in total. The molecule has 0 amide bonds. The zero-order valence-electron chi connectivity index (χ0n) is 10.3. The van der Waals surface area contributed by atoms with Gasteiger partial charge in [-0.1, -0.05) is 13.8 Å². The minimum absolute atomic E-state index is 0.0725. The SMILES string of the molecule is Cc1ccc(-c2nc(CC(C)C)cc(=O)[nH]2)s1. The van der Waals surface area contributed by atoms with E-state index in [4.69, 9.17) is 0 Å². The van der Waals surface area contributed by atoms with Crippen molar-refractivity contribution < 1.29 is 0 Å². The molecule has 0 spiro atoms. The first kappa shape index (κ1) is 12.0. The first-order chi connectivity index (χ1) is 8.04. The number of hydrogen-bond donors (Lipinski definition) is 1. The highest BCUT2D eigenvalue weighted by atomic mass is 32.1. The quantitative estimate of drug-likeness (QED) is 0.907. The van der Waals surface area contributed by atoms with E-state index in [1.165, 1.54) is 4.88 Å². The molecule has 2 aromatic heterocycles. The molecule has 0 saturated heterocycles. The Labute approximate surface area is 105 Å². The van der Waals surface area contributed by atoms with Crippen molar-refractivity contribution in [1.82, 2.24) is 9.97 Å². The molecule has 0 radical (unpaired) electrons. The van der Waals surface area contributed by atoms with Gasteiger partial charge in [0, 0.05) is 16.6 Å². The molecule has 17 heavy (non-hydrogen) atoms. The number of nitrogens with one attached hydrogen (secondary N) is 1. The number of H-pyrrole nitrogens is 1. The summed E-state index contributed by atoms with van der Waals surface area (Å²) in [5.41, 5.74) is 0.793. The zero-order valence-corrected chi connectivity index (χ0v) is 11.1. The number of nitrogens with zero attached hydrogens (tertiary/aromatic N) is 1. The highest BCUT2D eigenvalue weighted by molar-refractivity contribution is 7.15. The van der Waals surface area contributed by atoms with Crippen LogP contribution in [0.5, 0.6) is 0 Å². The van der Waals surface area contributed by atoms with Gasteiger partial charge >= 0.3 is 0 Å². The van der Waals surface area contributed by atoms with Crippen LogP contribution in [0.15, 0.2) is 23.0 Å². The fraction of sp³-hybridized carbons (Fsp3) is 0.385. The Hall–Kier alpha value is -1.42. The minimum atomic E-state index is -0.0725. The van der Waals surface area contributed by atoms with E-state index >= 15 is 0 Å². The largest absolute Gasteiger partial charge is 0.306 e. The summed E-state index contributed by atoms with van der Waals surface area (Å²) >= 11 is 1.64. The van der Waals surface area contributed by atoms with Crippen LogP contribution < -0.4 is 5.56 Å². The molecular formula is C13H16N2OS. The highest BCUT2D eigenvalue weighted by Crippen LogP contribution is 2.24. The van der Waals surface area contributed by atoms with Gasteiger partial charge in [-0.3, -0.25) is 4.79 Å². The van der Waals surface area contributed by atoms with Crippen molar-refractivity contribution >= 4 is 11.3 Å². The van der Waals surface area contributed by atoms with E-state index in [0.29, 0.717) is 11.7 Å². The van der Waals surface area contributed by atoms with Crippen LogP contribution in [-0.2, 0) is 6.42 Å². The lowest BCUT2D eigenvalue weighted by atomic mass is 10.1. The Morgan fingerprint density at radius 1 is 1.41 bits per heavy atom. The highest BCUT2D eigenvalue weighted by Gasteiger charge is 2.07. The van der Waals surface area contributed by atoms with Crippen molar-refractivity contribution in [2.45, 2.75) is 27.2 Å². The van der Waals surface area contributed by atoms with E-state index < -0.39 is 0 Å². The van der Waals surface area contributed by atoms with Gasteiger partial charge in [-0.2, -0.15) is 0 Å². The van der Waals surface area contributed by atoms with Crippen molar-refractivity contribution in [3.05, 3.63) is 39.1 Å². The van der Waals surface area contributed by atoms with Crippen molar-refractivity contribution in [1.29, 1.82) is 0 Å². The van der Waals surface area contributed by atoms with Crippen LogP contribution in [-0.4, -0.2) is 9.97 Å². The Morgan fingerprint density at radius 3 is 2.76 bits per heavy atom. The second-order valence-electron chi connectivity index (χ2n) is 4.59. The molecule has 0 unspecified atom stereocenters. The van der Waals surface area contributed by atoms with Crippen LogP contribution in [0.1, 0.15) is 24.4 Å². The molecule has 0 aliphatic rings. The molecule has 4 heteroatoms. The predicted molar refractivity (Wildman–Crippen MR) is 71.4 cm³/mol. The van der Waals surface area contributed by atoms with Gasteiger partial charge < -0.3 is 4.98 Å². The second kappa shape index (κ2) is 4.84. The monoisotopic (exact) mass is 248 g/mol. The van der Waals surface area contributed by atoms with Crippen LogP contribution in [0.3, 0.4) is 0 Å². The Bertz CT molecular complexity index is 569. The fourth-order valence-electron chi connectivity index (χ4n) is 1.71. The maximum Gasteiger partial charge on any atom is 0.251 e. The van der Waals surface area contributed by atoms with Crippen LogP contribution in [0.4, 0.5) is 0 Å². The van der Waals surface area contributed by atoms with Gasteiger partial charge in [0.2, 0.25) is 0 Å². The number of thiophene rings is 1. The first-order valence-corrected chi connectivity index (χ1v) is 6.53. The van der Waals surface area contributed by atoms with E-state index in [1.54, 1.807) is 17.4 Å². The number of aromatic nitrogens is 2. The summed E-state index contributed by atoms with van der Waals surface area (Å²) in [5, 5.41) is 0. The third-order valence-corrected chi connectivity index (χ3v) is 3.39. The number of aromatic amines is 1. The normalized spacial score (nSPS) is 11.1. The smallest absolute Gasteiger partial charge is 0.251 e. The molecule has 0 aliphatic carbocycles. The van der Waals surface area contributed by atoms with Crippen LogP contribution in [0, 0.1) is 12.8 Å². The summed E-state index contributed by atoms with van der Waals surface area (Å²) in [4.78, 5) is 21.1. The van der Waals surface area contributed by atoms with Gasteiger partial charge in [0.05, 0.1) is 4.88 Å². The minimum Gasteiger partial charge on any atom is -0.306 e. The molecule has 2 aromatic rings. The van der Waals surface area contributed by atoms with Gasteiger partial charge in [0.15, 0.2) is 0 Å². The standard InChI is InChI=1S/C13H16N2OS/c1-8(2)6-10-7-12(16)15-13(14-10)11-5-4-9(3)17-11/h4-5,7-8H,6H2,1-3H3,(H,14,15,16). The lowest BCUT2D eigenvalue weighted by molar-refractivity contribution is 0.634. The molecule has 2 rings (SSSR count). The molecular weight excluding hydrogens is 232 g/mol. The third-order valence-electron chi connectivity index (χ3n) is 2.39. The van der Waals surface area contributed by atoms with Crippen molar-refractivity contribution in [3.8, 4) is 10.7 Å². The Morgan fingerprint density at radius 2 is 2.18 bits per heavy atom. The van der Waals surface area contributed by atoms with Gasteiger partial charge in [0.1, 0.15) is 5.82 Å². The fourth-order valence-corrected chi connectivity index (χ4v) is 2.52. The van der Waals surface area contributed by atoms with Gasteiger partial charge in [-0.25, -0.2) is 4.98 Å². The molecule has 0 fully saturated rings. The maximum absolute atomic E-state index is 11.6. The Balaban J connectivity index is 2.41. The number of hydrogen-bond acceptors (Lipinski definition) is 3. The Kier molecular flexibility index (Phi) is 3.43. The van der Waals surface area contributed by atoms with Crippen molar-refractivity contribution in [2.75, 3.05) is 0 Å². The average Bonchev–Trinajstić information content (AvgIpc) is 2.62. The topological polar surface area (TPSA) is 45.8 Å². The lowest BCUT2D eigenvalue weighted by Gasteiger charge is -2.05. The summed E-state index contributed by atoms with van der Waals surface area (Å²) in [6, 6.07) is 5.62. The second-order valence-corrected chi connectivity index (χ2v) is 5.88. The molecule has 90 valence electrons. The molecule has 3 nitrogen and oxygen atoms in total. The lowest BCUT2D eigenvalue weighted by Crippen LogP contribution is -2.11. The molecule has 0 aliphatic heterocycles. The predicted octanol–water partition coefficient (Wildman–Crippen LogP) is 3.01. The summed E-state index contributed by atoms with van der Waals surface area (Å²) < 4.78 is 0. The molecule has 0 aromatic carbocycles. The number of aryl methyl sites for hydroxylation is 1. The van der Waals surface area contributed by atoms with Crippen molar-refractivity contribution in [2.24, 2.45) is 5.92 Å². The molecule has 0 atom stereocenters. The molecule has 0 saturated carbocycles. The van der Waals surface area contributed by atoms with Gasteiger partial charge in [-0.05, 0) is 31.4 Å². The van der Waals surface area contributed by atoms with E-state index in [0.717, 1.165) is 17.0 Å². The zero-order chi connectivity index (χ0) is 12.4. The average molecular weight is 248 g/mol. The molecule has 2 heterocycles. The van der Waals surface area contributed by atoms with E-state index in [-0.39, 0.29) is 5.56 Å². The van der Waals surface area contributed by atoms with E-state index in [9.17, 15) is 4.79 Å². The number of rotatable bonds is 3. The first-order valence-electron chi connectivity index (χ1n) is 5.71. The summed E-state index contributed by atoms with van der Waals surface area (Å²) in [6.45, 7) is 6.29. The van der Waals surface area contributed by atoms with E-state index in [2.05, 4.69) is 23.8 Å². The van der Waals surface area contributed by atoms with Gasteiger partial charge in [-0.15, -0.1) is 11.3 Å². The van der Waals surface area contributed by atoms with E-state index in [1.807, 2.05) is 19.1 Å².